The second-order valence-corrected chi connectivity index (χ2v) is 9.12. The molecule has 1 N–H and O–H groups in total. The fourth-order valence-electron chi connectivity index (χ4n) is 2.59. The quantitative estimate of drug-likeness (QED) is 0.282. The summed E-state index contributed by atoms with van der Waals surface area (Å²) in [5.41, 5.74) is 0.707. The van der Waals surface area contributed by atoms with E-state index >= 15 is 0 Å². The van der Waals surface area contributed by atoms with Crippen molar-refractivity contribution in [2.45, 2.75) is 51.7 Å². The van der Waals surface area contributed by atoms with Crippen LogP contribution in [-0.2, 0) is 41.8 Å². The first-order valence-corrected chi connectivity index (χ1v) is 11.0. The number of amides is 1. The number of benzene rings is 1. The number of hydrogen-bond donors (Lipinski definition) is 1. The molecule has 0 saturated carbocycles. The van der Waals surface area contributed by atoms with E-state index in [1.807, 2.05) is 0 Å². The number of thioether (sulfide) groups is 1. The zero-order valence-corrected chi connectivity index (χ0v) is 20.3. The number of hydrogen-bond acceptors (Lipinski definition) is 12. The molecular formula is C22H25NO11S. The topological polar surface area (TPSA) is 161 Å². The van der Waals surface area contributed by atoms with Crippen LogP contribution in [0.5, 0.6) is 0 Å². The summed E-state index contributed by atoms with van der Waals surface area (Å²) in [5, 5.41) is 1.50. The lowest BCUT2D eigenvalue weighted by Gasteiger charge is -2.31. The van der Waals surface area contributed by atoms with Gasteiger partial charge in [-0.3, -0.25) is 4.79 Å². The molecular weight excluding hydrogens is 486 g/mol. The summed E-state index contributed by atoms with van der Waals surface area (Å²) in [5.74, 6) is -2.25. The van der Waals surface area contributed by atoms with Crippen molar-refractivity contribution in [3.8, 4) is 0 Å². The number of alkyl carbamates (subject to hydrolysis) is 1. The smallest absolute Gasteiger partial charge is 0.459 e. The zero-order chi connectivity index (χ0) is 26.0. The molecule has 1 aromatic heterocycles. The fraction of sp³-hybridized carbons (Fsp3) is 0.409. The molecule has 13 heteroatoms. The molecule has 0 saturated heterocycles. The number of ether oxygens (including phenoxy) is 4. The van der Waals surface area contributed by atoms with Crippen molar-refractivity contribution < 1.29 is 47.0 Å². The lowest BCUT2D eigenvalue weighted by atomic mass is 10.0. The lowest BCUT2D eigenvalue weighted by Crippen LogP contribution is -2.53. The van der Waals surface area contributed by atoms with Crippen LogP contribution in [0.15, 0.2) is 44.0 Å². The van der Waals surface area contributed by atoms with Gasteiger partial charge in [0, 0.05) is 6.92 Å². The average Bonchev–Trinajstić information content (AvgIpc) is 3.11. The molecule has 0 spiro atoms. The summed E-state index contributed by atoms with van der Waals surface area (Å²) in [6.45, 7) is 4.48. The standard InChI is InChI=1S/C22H25NO11S/c1-13-16(34-20(27)33-13)11-30-21(28)35-22(3,4)17(23-19(26)32-12-31-14(2)24)18(25)29-10-15-8-6-5-7-9-15/h5-9,17H,10-12H2,1-4H3,(H,23,26)/t17-/m0/s1. The number of aryl methyl sites for hydroxylation is 1. The minimum absolute atomic E-state index is 0.0350. The van der Waals surface area contributed by atoms with Gasteiger partial charge in [0.25, 0.3) is 0 Å². The van der Waals surface area contributed by atoms with Gasteiger partial charge in [-0.15, -0.1) is 0 Å². The molecule has 1 atom stereocenters. The molecule has 35 heavy (non-hydrogen) atoms. The van der Waals surface area contributed by atoms with Gasteiger partial charge < -0.3 is 33.1 Å². The van der Waals surface area contributed by atoms with E-state index < -0.39 is 46.7 Å². The van der Waals surface area contributed by atoms with Crippen LogP contribution in [0, 0.1) is 6.92 Å². The Labute approximate surface area is 204 Å². The summed E-state index contributed by atoms with van der Waals surface area (Å²) in [4.78, 5) is 59.5. The second kappa shape index (κ2) is 12.6. The molecule has 1 aromatic carbocycles. The number of carbonyl (C=O) groups is 4. The van der Waals surface area contributed by atoms with Gasteiger partial charge in [0.2, 0.25) is 6.79 Å². The van der Waals surface area contributed by atoms with Crippen LogP contribution in [0.3, 0.4) is 0 Å². The molecule has 1 amide bonds. The SMILES string of the molecule is CC(=O)OCOC(=O)N[C@@H](C(=O)OCc1ccccc1)C(C)(C)SC(=O)OCc1oc(=O)oc1C. The summed E-state index contributed by atoms with van der Waals surface area (Å²) in [6.07, 6.45) is -1.08. The van der Waals surface area contributed by atoms with Gasteiger partial charge >= 0.3 is 29.2 Å². The molecule has 0 aliphatic carbocycles. The summed E-state index contributed by atoms with van der Waals surface area (Å²) in [6, 6.07) is 7.46. The minimum atomic E-state index is -1.37. The predicted octanol–water partition coefficient (Wildman–Crippen LogP) is 3.05. The van der Waals surface area contributed by atoms with E-state index in [0.29, 0.717) is 17.3 Å². The van der Waals surface area contributed by atoms with E-state index in [4.69, 9.17) is 23.0 Å². The van der Waals surface area contributed by atoms with Gasteiger partial charge in [-0.1, -0.05) is 30.3 Å². The molecule has 190 valence electrons. The van der Waals surface area contributed by atoms with Crippen LogP contribution in [-0.4, -0.2) is 40.9 Å². The van der Waals surface area contributed by atoms with E-state index in [9.17, 15) is 24.0 Å². The van der Waals surface area contributed by atoms with Crippen molar-refractivity contribution in [3.63, 3.8) is 0 Å². The monoisotopic (exact) mass is 511 g/mol. The van der Waals surface area contributed by atoms with Crippen molar-refractivity contribution >= 4 is 35.1 Å². The molecule has 0 unspecified atom stereocenters. The molecule has 0 radical (unpaired) electrons. The highest BCUT2D eigenvalue weighted by atomic mass is 32.2. The van der Waals surface area contributed by atoms with Crippen LogP contribution in [0.4, 0.5) is 9.59 Å². The number of esters is 2. The highest BCUT2D eigenvalue weighted by molar-refractivity contribution is 8.14. The maximum absolute atomic E-state index is 12.9. The Morgan fingerprint density at radius 2 is 1.69 bits per heavy atom. The third-order valence-electron chi connectivity index (χ3n) is 4.37. The lowest BCUT2D eigenvalue weighted by molar-refractivity contribution is -0.151. The first-order chi connectivity index (χ1) is 16.5. The van der Waals surface area contributed by atoms with Gasteiger partial charge in [0.05, 0.1) is 4.75 Å². The van der Waals surface area contributed by atoms with Gasteiger partial charge in [0.1, 0.15) is 12.6 Å². The summed E-state index contributed by atoms with van der Waals surface area (Å²) >= 11 is 0.595. The van der Waals surface area contributed by atoms with Crippen LogP contribution in [0.25, 0.3) is 0 Å². The predicted molar refractivity (Wildman–Crippen MR) is 120 cm³/mol. The van der Waals surface area contributed by atoms with Crippen LogP contribution < -0.4 is 11.1 Å². The fourth-order valence-corrected chi connectivity index (χ4v) is 3.41. The second-order valence-electron chi connectivity index (χ2n) is 7.53. The van der Waals surface area contributed by atoms with E-state index in [1.165, 1.54) is 20.8 Å². The Kier molecular flexibility index (Phi) is 9.94. The van der Waals surface area contributed by atoms with Crippen molar-refractivity contribution in [2.75, 3.05) is 6.79 Å². The highest BCUT2D eigenvalue weighted by Gasteiger charge is 2.41. The molecule has 0 fully saturated rings. The normalized spacial score (nSPS) is 11.8. The Morgan fingerprint density at radius 3 is 2.29 bits per heavy atom. The first-order valence-electron chi connectivity index (χ1n) is 10.2. The van der Waals surface area contributed by atoms with Crippen LogP contribution >= 0.6 is 11.8 Å². The maximum atomic E-state index is 12.9. The van der Waals surface area contributed by atoms with Crippen molar-refractivity contribution in [1.82, 2.24) is 5.32 Å². The van der Waals surface area contributed by atoms with E-state index in [2.05, 4.69) is 10.1 Å². The first kappa shape index (κ1) is 27.5. The van der Waals surface area contributed by atoms with E-state index in [0.717, 1.165) is 6.92 Å². The molecule has 0 aliphatic rings. The third-order valence-corrected chi connectivity index (χ3v) is 5.42. The highest BCUT2D eigenvalue weighted by Crippen LogP contribution is 2.31. The largest absolute Gasteiger partial charge is 0.519 e. The number of carbonyl (C=O) groups excluding carboxylic acids is 4. The van der Waals surface area contributed by atoms with Crippen LogP contribution in [0.2, 0.25) is 0 Å². The van der Waals surface area contributed by atoms with Crippen molar-refractivity contribution in [2.24, 2.45) is 0 Å². The average molecular weight is 512 g/mol. The molecule has 0 bridgehead atoms. The Hall–Kier alpha value is -3.74. The third kappa shape index (κ3) is 9.20. The van der Waals surface area contributed by atoms with Gasteiger partial charge in [-0.25, -0.2) is 19.2 Å². The number of rotatable bonds is 10. The maximum Gasteiger partial charge on any atom is 0.519 e. The van der Waals surface area contributed by atoms with Gasteiger partial charge in [-0.2, -0.15) is 0 Å². The zero-order valence-electron chi connectivity index (χ0n) is 19.5. The van der Waals surface area contributed by atoms with Gasteiger partial charge in [0.15, 0.2) is 18.1 Å². The van der Waals surface area contributed by atoms with Crippen molar-refractivity contribution in [3.05, 3.63) is 58.0 Å². The van der Waals surface area contributed by atoms with Gasteiger partial charge in [-0.05, 0) is 38.1 Å². The molecule has 12 nitrogen and oxygen atoms in total. The Morgan fingerprint density at radius 1 is 1.00 bits per heavy atom. The summed E-state index contributed by atoms with van der Waals surface area (Å²) in [7, 11) is 0. The Balaban J connectivity index is 2.07. The molecule has 1 heterocycles. The van der Waals surface area contributed by atoms with E-state index in [1.54, 1.807) is 30.3 Å². The number of nitrogens with one attached hydrogen (secondary N) is 1. The minimum Gasteiger partial charge on any atom is -0.459 e. The Bertz CT molecular complexity index is 1090. The molecule has 2 rings (SSSR count). The van der Waals surface area contributed by atoms with E-state index in [-0.39, 0.29) is 24.7 Å². The molecule has 0 aliphatic heterocycles. The summed E-state index contributed by atoms with van der Waals surface area (Å²) < 4.78 is 27.9. The molecule has 2 aromatic rings. The van der Waals surface area contributed by atoms with Crippen molar-refractivity contribution in [1.29, 1.82) is 0 Å². The van der Waals surface area contributed by atoms with Crippen LogP contribution in [0.1, 0.15) is 37.9 Å².